The van der Waals surface area contributed by atoms with Crippen molar-refractivity contribution in [1.82, 2.24) is 4.98 Å². The smallest absolute Gasteiger partial charge is 0.0794 e. The fraction of sp³-hybridized carbons (Fsp3) is 0.0833. The molecule has 0 unspecified atom stereocenters. The van der Waals surface area contributed by atoms with Crippen molar-refractivity contribution in [2.75, 3.05) is 17.3 Å². The van der Waals surface area contributed by atoms with Crippen LogP contribution in [0.3, 0.4) is 0 Å². The fourth-order valence-electron chi connectivity index (χ4n) is 1.43. The van der Waals surface area contributed by atoms with Crippen LogP contribution < -0.4 is 11.1 Å². The molecule has 2 aromatic rings. The summed E-state index contributed by atoms with van der Waals surface area (Å²) >= 11 is 5.14. The Kier molecular flexibility index (Phi) is 3.91. The van der Waals surface area contributed by atoms with Crippen LogP contribution in [0.5, 0.6) is 0 Å². The summed E-state index contributed by atoms with van der Waals surface area (Å²) in [6.45, 7) is 0. The molecule has 1 aromatic carbocycles. The largest absolute Gasteiger partial charge is 0.396 e. The highest BCUT2D eigenvalue weighted by atomic mass is 79.9. The second kappa shape index (κ2) is 5.42. The van der Waals surface area contributed by atoms with Crippen LogP contribution in [0.25, 0.3) is 0 Å². The molecule has 1 aromatic heterocycles. The molecular weight excluding hydrogens is 298 g/mol. The molecule has 0 radical (unpaired) electrons. The van der Waals surface area contributed by atoms with Gasteiger partial charge >= 0.3 is 0 Å². The Bertz CT molecular complexity index is 511. The van der Waals surface area contributed by atoms with Crippen molar-refractivity contribution in [2.45, 2.75) is 4.90 Å². The molecule has 0 amide bonds. The van der Waals surface area contributed by atoms with Crippen molar-refractivity contribution >= 4 is 44.8 Å². The SMILES string of the molecule is CSc1cccc(Nc2c(N)cncc2Br)c1. The molecule has 0 saturated carbocycles. The summed E-state index contributed by atoms with van der Waals surface area (Å²) in [6, 6.07) is 8.17. The Morgan fingerprint density at radius 1 is 1.35 bits per heavy atom. The van der Waals surface area contributed by atoms with Crippen molar-refractivity contribution in [3.8, 4) is 0 Å². The number of aromatic nitrogens is 1. The fourth-order valence-corrected chi connectivity index (χ4v) is 2.33. The van der Waals surface area contributed by atoms with E-state index in [-0.39, 0.29) is 0 Å². The third kappa shape index (κ3) is 2.92. The van der Waals surface area contributed by atoms with Gasteiger partial charge in [-0.2, -0.15) is 0 Å². The maximum atomic E-state index is 5.88. The molecule has 3 nitrogen and oxygen atoms in total. The zero-order chi connectivity index (χ0) is 12.3. The lowest BCUT2D eigenvalue weighted by Gasteiger charge is -2.11. The predicted octanol–water partition coefficient (Wildman–Crippen LogP) is 3.89. The van der Waals surface area contributed by atoms with Crippen LogP contribution in [-0.2, 0) is 0 Å². The van der Waals surface area contributed by atoms with Gasteiger partial charge in [0.05, 0.1) is 22.0 Å². The molecule has 0 spiro atoms. The number of nitrogens with one attached hydrogen (secondary N) is 1. The van der Waals surface area contributed by atoms with Gasteiger partial charge in [-0.05, 0) is 40.4 Å². The average molecular weight is 310 g/mol. The number of benzene rings is 1. The molecule has 0 bridgehead atoms. The van der Waals surface area contributed by atoms with Gasteiger partial charge < -0.3 is 11.1 Å². The van der Waals surface area contributed by atoms with E-state index >= 15 is 0 Å². The highest BCUT2D eigenvalue weighted by molar-refractivity contribution is 9.10. The summed E-state index contributed by atoms with van der Waals surface area (Å²) in [6.07, 6.45) is 5.40. The molecule has 0 atom stereocenters. The molecule has 0 saturated heterocycles. The first-order chi connectivity index (χ1) is 8.20. The lowest BCUT2D eigenvalue weighted by atomic mass is 10.3. The summed E-state index contributed by atoms with van der Waals surface area (Å²) in [5.74, 6) is 0. The summed E-state index contributed by atoms with van der Waals surface area (Å²) < 4.78 is 0.854. The third-order valence-corrected chi connectivity index (χ3v) is 3.59. The molecule has 0 fully saturated rings. The minimum atomic E-state index is 0.619. The predicted molar refractivity (Wildman–Crippen MR) is 77.9 cm³/mol. The lowest BCUT2D eigenvalue weighted by molar-refractivity contribution is 1.30. The zero-order valence-electron chi connectivity index (χ0n) is 9.27. The minimum absolute atomic E-state index is 0.619. The van der Waals surface area contributed by atoms with Gasteiger partial charge in [-0.25, -0.2) is 0 Å². The number of nitrogens with two attached hydrogens (primary N) is 1. The Labute approximate surface area is 113 Å². The number of pyridine rings is 1. The molecule has 3 N–H and O–H groups in total. The number of nitrogens with zero attached hydrogens (tertiary/aromatic N) is 1. The first-order valence-corrected chi connectivity index (χ1v) is 7.02. The normalized spacial score (nSPS) is 10.2. The van der Waals surface area contributed by atoms with Gasteiger partial charge in [-0.3, -0.25) is 4.98 Å². The van der Waals surface area contributed by atoms with E-state index in [2.05, 4.69) is 44.6 Å². The number of hydrogen-bond acceptors (Lipinski definition) is 4. The van der Waals surface area contributed by atoms with E-state index in [1.165, 1.54) is 4.90 Å². The lowest BCUT2D eigenvalue weighted by Crippen LogP contribution is -1.98. The molecule has 17 heavy (non-hydrogen) atoms. The molecule has 2 rings (SSSR count). The van der Waals surface area contributed by atoms with E-state index in [0.29, 0.717) is 5.69 Å². The second-order valence-electron chi connectivity index (χ2n) is 3.44. The first-order valence-electron chi connectivity index (χ1n) is 5.01. The van der Waals surface area contributed by atoms with Gasteiger partial charge in [0.15, 0.2) is 0 Å². The van der Waals surface area contributed by atoms with Crippen molar-refractivity contribution < 1.29 is 0 Å². The standard InChI is InChI=1S/C12H12BrN3S/c1-17-9-4-2-3-8(5-9)16-12-10(13)6-15-7-11(12)14/h2-7H,14H2,1H3,(H,15,16). The summed E-state index contributed by atoms with van der Waals surface area (Å²) in [4.78, 5) is 5.21. The molecule has 1 heterocycles. The van der Waals surface area contributed by atoms with Crippen molar-refractivity contribution in [1.29, 1.82) is 0 Å². The van der Waals surface area contributed by atoms with E-state index < -0.39 is 0 Å². The summed E-state index contributed by atoms with van der Waals surface area (Å²) in [5, 5.41) is 3.29. The number of nitrogen functional groups attached to an aromatic ring is 1. The van der Waals surface area contributed by atoms with E-state index in [4.69, 9.17) is 5.73 Å². The van der Waals surface area contributed by atoms with Crippen LogP contribution >= 0.6 is 27.7 Å². The zero-order valence-corrected chi connectivity index (χ0v) is 11.7. The second-order valence-corrected chi connectivity index (χ2v) is 5.18. The maximum absolute atomic E-state index is 5.88. The van der Waals surface area contributed by atoms with Gasteiger partial charge in [0, 0.05) is 16.8 Å². The highest BCUT2D eigenvalue weighted by Crippen LogP contribution is 2.31. The van der Waals surface area contributed by atoms with Crippen LogP contribution in [0, 0.1) is 0 Å². The van der Waals surface area contributed by atoms with E-state index in [0.717, 1.165) is 15.8 Å². The molecular formula is C12H12BrN3S. The topological polar surface area (TPSA) is 50.9 Å². The van der Waals surface area contributed by atoms with Crippen LogP contribution in [-0.4, -0.2) is 11.2 Å². The number of anilines is 3. The molecule has 0 aliphatic rings. The number of thioether (sulfide) groups is 1. The maximum Gasteiger partial charge on any atom is 0.0794 e. The van der Waals surface area contributed by atoms with Crippen LogP contribution in [0.2, 0.25) is 0 Å². The number of rotatable bonds is 3. The van der Waals surface area contributed by atoms with Crippen molar-refractivity contribution in [3.63, 3.8) is 0 Å². The Hall–Kier alpha value is -1.20. The number of halogens is 1. The van der Waals surface area contributed by atoms with Crippen LogP contribution in [0.15, 0.2) is 46.0 Å². The molecule has 0 aliphatic carbocycles. The van der Waals surface area contributed by atoms with E-state index in [1.807, 2.05) is 12.1 Å². The first kappa shape index (κ1) is 12.3. The quantitative estimate of drug-likeness (QED) is 0.845. The van der Waals surface area contributed by atoms with Crippen LogP contribution in [0.1, 0.15) is 0 Å². The summed E-state index contributed by atoms with van der Waals surface area (Å²) in [7, 11) is 0. The van der Waals surface area contributed by atoms with Crippen LogP contribution in [0.4, 0.5) is 17.1 Å². The van der Waals surface area contributed by atoms with Gasteiger partial charge in [-0.1, -0.05) is 6.07 Å². The van der Waals surface area contributed by atoms with Crippen molar-refractivity contribution in [3.05, 3.63) is 41.1 Å². The number of hydrogen-bond donors (Lipinski definition) is 2. The van der Waals surface area contributed by atoms with E-state index in [1.54, 1.807) is 24.2 Å². The van der Waals surface area contributed by atoms with Gasteiger partial charge in [0.25, 0.3) is 0 Å². The Morgan fingerprint density at radius 2 is 2.18 bits per heavy atom. The monoisotopic (exact) mass is 309 g/mol. The van der Waals surface area contributed by atoms with Gasteiger partial charge in [0.1, 0.15) is 0 Å². The van der Waals surface area contributed by atoms with E-state index in [9.17, 15) is 0 Å². The van der Waals surface area contributed by atoms with Gasteiger partial charge in [-0.15, -0.1) is 11.8 Å². The Morgan fingerprint density at radius 3 is 2.88 bits per heavy atom. The molecule has 5 heteroatoms. The average Bonchev–Trinajstić information content (AvgIpc) is 2.34. The van der Waals surface area contributed by atoms with Gasteiger partial charge in [0.2, 0.25) is 0 Å². The Balaban J connectivity index is 2.31. The highest BCUT2D eigenvalue weighted by Gasteiger charge is 2.05. The minimum Gasteiger partial charge on any atom is -0.396 e. The third-order valence-electron chi connectivity index (χ3n) is 2.27. The summed E-state index contributed by atoms with van der Waals surface area (Å²) in [5.41, 5.74) is 8.35. The van der Waals surface area contributed by atoms with Crippen molar-refractivity contribution in [2.24, 2.45) is 0 Å². The molecule has 88 valence electrons. The molecule has 0 aliphatic heterocycles.